The first-order valence-electron chi connectivity index (χ1n) is 16.9. The van der Waals surface area contributed by atoms with Crippen molar-refractivity contribution in [2.75, 3.05) is 0 Å². The summed E-state index contributed by atoms with van der Waals surface area (Å²) in [5.41, 5.74) is 7.15. The van der Waals surface area contributed by atoms with Crippen molar-refractivity contribution in [3.63, 3.8) is 0 Å². The summed E-state index contributed by atoms with van der Waals surface area (Å²) in [6, 6.07) is 52.5. The van der Waals surface area contributed by atoms with Crippen LogP contribution in [-0.2, 0) is 0 Å². The minimum Gasteiger partial charge on any atom is -0.454 e. The molecule has 0 N–H and O–H groups in total. The number of nitrogens with zero attached hydrogens (tertiary/aromatic N) is 6. The van der Waals surface area contributed by atoms with Gasteiger partial charge in [0.05, 0.1) is 4.70 Å². The summed E-state index contributed by atoms with van der Waals surface area (Å²) >= 11 is 1.70. The smallest absolute Gasteiger partial charge is 0.164 e. The Morgan fingerprint density at radius 1 is 0.346 bits per heavy atom. The van der Waals surface area contributed by atoms with Crippen LogP contribution in [0.15, 0.2) is 162 Å². The van der Waals surface area contributed by atoms with Crippen molar-refractivity contribution in [3.8, 4) is 68.3 Å². The van der Waals surface area contributed by atoms with Gasteiger partial charge in [0.25, 0.3) is 0 Å². The molecule has 10 rings (SSSR count). The maximum Gasteiger partial charge on any atom is 0.164 e. The van der Waals surface area contributed by atoms with Gasteiger partial charge in [0, 0.05) is 48.9 Å². The normalized spacial score (nSPS) is 11.5. The highest BCUT2D eigenvalue weighted by Gasteiger charge is 2.19. The fourth-order valence-electron chi connectivity index (χ4n) is 6.41. The van der Waals surface area contributed by atoms with E-state index in [1.54, 1.807) is 11.3 Å². The van der Waals surface area contributed by atoms with Gasteiger partial charge in [-0.15, -0.1) is 11.3 Å². The van der Waals surface area contributed by atoms with Crippen LogP contribution in [0.5, 0.6) is 0 Å². The van der Waals surface area contributed by atoms with Crippen molar-refractivity contribution in [2.24, 2.45) is 0 Å². The van der Waals surface area contributed by atoms with Crippen LogP contribution in [0.1, 0.15) is 0 Å². The van der Waals surface area contributed by atoms with Gasteiger partial charge >= 0.3 is 0 Å². The molecule has 0 unspecified atom stereocenters. The molecule has 0 atom stereocenters. The van der Waals surface area contributed by atoms with Crippen LogP contribution in [0, 0.1) is 0 Å². The molecular weight excluding hydrogens is 661 g/mol. The number of rotatable bonds is 6. The lowest BCUT2D eigenvalue weighted by Gasteiger charge is -2.08. The predicted molar refractivity (Wildman–Crippen MR) is 208 cm³/mol. The first-order chi connectivity index (χ1) is 25.7. The number of furan rings is 1. The van der Waals surface area contributed by atoms with E-state index in [1.165, 1.54) is 0 Å². The molecular formula is C44H26N6OS. The summed E-state index contributed by atoms with van der Waals surface area (Å²) in [5, 5.41) is 2.08. The number of hydrogen-bond acceptors (Lipinski definition) is 8. The molecule has 8 heteroatoms. The quantitative estimate of drug-likeness (QED) is 0.172. The van der Waals surface area contributed by atoms with Crippen LogP contribution >= 0.6 is 11.3 Å². The molecule has 4 aromatic heterocycles. The zero-order valence-corrected chi connectivity index (χ0v) is 28.3. The van der Waals surface area contributed by atoms with Gasteiger partial charge in [-0.25, -0.2) is 29.9 Å². The fraction of sp³-hybridized carbons (Fsp3) is 0. The number of hydrogen-bond donors (Lipinski definition) is 0. The van der Waals surface area contributed by atoms with E-state index in [0.717, 1.165) is 64.7 Å². The molecule has 0 aliphatic rings. The highest BCUT2D eigenvalue weighted by atomic mass is 32.1. The van der Waals surface area contributed by atoms with Gasteiger partial charge in [-0.3, -0.25) is 0 Å². The predicted octanol–water partition coefficient (Wildman–Crippen LogP) is 11.2. The summed E-state index contributed by atoms with van der Waals surface area (Å²) in [6.07, 6.45) is 0. The summed E-state index contributed by atoms with van der Waals surface area (Å²) in [7, 11) is 0. The van der Waals surface area contributed by atoms with E-state index in [9.17, 15) is 0 Å². The van der Waals surface area contributed by atoms with Crippen molar-refractivity contribution in [1.29, 1.82) is 0 Å². The number of benzene rings is 6. The van der Waals surface area contributed by atoms with Crippen LogP contribution < -0.4 is 0 Å². The minimum absolute atomic E-state index is 0.589. The van der Waals surface area contributed by atoms with E-state index < -0.39 is 0 Å². The van der Waals surface area contributed by atoms with Crippen molar-refractivity contribution in [2.45, 2.75) is 0 Å². The molecule has 6 aromatic carbocycles. The Hall–Kier alpha value is -6.90. The molecule has 0 aliphatic heterocycles. The molecule has 4 heterocycles. The van der Waals surface area contributed by atoms with E-state index in [2.05, 4.69) is 30.3 Å². The van der Waals surface area contributed by atoms with Crippen LogP contribution in [0.25, 0.3) is 99.7 Å². The molecule has 0 saturated carbocycles. The Morgan fingerprint density at radius 3 is 1.13 bits per heavy atom. The van der Waals surface area contributed by atoms with Crippen LogP contribution in [0.2, 0.25) is 0 Å². The summed E-state index contributed by atoms with van der Waals surface area (Å²) in [6.45, 7) is 0. The van der Waals surface area contributed by atoms with Gasteiger partial charge in [-0.05, 0) is 24.3 Å². The largest absolute Gasteiger partial charge is 0.454 e. The third-order valence-corrected chi connectivity index (χ3v) is 10.2. The van der Waals surface area contributed by atoms with Gasteiger partial charge in [0.2, 0.25) is 0 Å². The second kappa shape index (κ2) is 12.5. The highest BCUT2D eigenvalue weighted by Crippen LogP contribution is 2.43. The lowest BCUT2D eigenvalue weighted by atomic mass is 10.1. The SMILES string of the molecule is c1ccc(-c2nc(-c3ccccc3)nc(-c3ccc4c(c3)oc3c5ccc(-c6nc(-c7ccccc7)nc(-c7ccccc7)n6)cc5sc43)n2)cc1. The monoisotopic (exact) mass is 686 g/mol. The fourth-order valence-corrected chi connectivity index (χ4v) is 7.61. The molecule has 0 saturated heterocycles. The number of thiophene rings is 1. The average Bonchev–Trinajstić information content (AvgIpc) is 3.77. The third kappa shape index (κ3) is 5.39. The molecule has 0 bridgehead atoms. The second-order valence-corrected chi connectivity index (χ2v) is 13.4. The van der Waals surface area contributed by atoms with Crippen molar-refractivity contribution < 1.29 is 4.42 Å². The molecule has 7 nitrogen and oxygen atoms in total. The zero-order valence-electron chi connectivity index (χ0n) is 27.5. The Morgan fingerprint density at radius 2 is 0.712 bits per heavy atom. The zero-order chi connectivity index (χ0) is 34.4. The molecule has 0 fully saturated rings. The standard InChI is InChI=1S/C44H26N6OS/c1-5-13-27(14-6-1)39-45-40(28-15-7-2-8-16-28)48-43(47-39)31-21-23-33-35(25-31)51-37-34-24-22-32(26-36(34)52-38(33)37)44-49-41(29-17-9-3-10-18-29)46-42(50-44)30-19-11-4-12-20-30/h1-26H. The van der Waals surface area contributed by atoms with Crippen LogP contribution in [0.3, 0.4) is 0 Å². The molecule has 52 heavy (non-hydrogen) atoms. The Bertz CT molecular complexity index is 2580. The third-order valence-electron chi connectivity index (χ3n) is 9.00. The second-order valence-electron chi connectivity index (χ2n) is 12.4. The lowest BCUT2D eigenvalue weighted by Crippen LogP contribution is -2.00. The summed E-state index contributed by atoms with van der Waals surface area (Å²) in [4.78, 5) is 29.4. The summed E-state index contributed by atoms with van der Waals surface area (Å²) < 4.78 is 8.78. The van der Waals surface area contributed by atoms with Crippen LogP contribution in [-0.4, -0.2) is 29.9 Å². The van der Waals surface area contributed by atoms with E-state index in [1.807, 2.05) is 127 Å². The van der Waals surface area contributed by atoms with Gasteiger partial charge in [-0.2, -0.15) is 0 Å². The van der Waals surface area contributed by atoms with Crippen molar-refractivity contribution >= 4 is 42.7 Å². The average molecular weight is 687 g/mol. The van der Waals surface area contributed by atoms with Crippen molar-refractivity contribution in [3.05, 3.63) is 158 Å². The van der Waals surface area contributed by atoms with E-state index >= 15 is 0 Å². The summed E-state index contributed by atoms with van der Waals surface area (Å²) in [5.74, 6) is 3.73. The molecule has 0 spiro atoms. The Labute approximate surface area is 302 Å². The highest BCUT2D eigenvalue weighted by molar-refractivity contribution is 7.26. The van der Waals surface area contributed by atoms with Gasteiger partial charge < -0.3 is 4.42 Å². The van der Waals surface area contributed by atoms with Gasteiger partial charge in [0.15, 0.2) is 40.5 Å². The Kier molecular flexibility index (Phi) is 7.18. The Balaban J connectivity index is 1.06. The maximum absolute atomic E-state index is 6.60. The van der Waals surface area contributed by atoms with Crippen molar-refractivity contribution in [1.82, 2.24) is 29.9 Å². The molecule has 0 amide bonds. The molecule has 244 valence electrons. The number of aromatic nitrogens is 6. The lowest BCUT2D eigenvalue weighted by molar-refractivity contribution is 0.673. The minimum atomic E-state index is 0.589. The van der Waals surface area contributed by atoms with E-state index in [-0.39, 0.29) is 0 Å². The topological polar surface area (TPSA) is 90.5 Å². The first kappa shape index (κ1) is 30.0. The van der Waals surface area contributed by atoms with Gasteiger partial charge in [0.1, 0.15) is 5.58 Å². The maximum atomic E-state index is 6.60. The first-order valence-corrected chi connectivity index (χ1v) is 17.7. The van der Waals surface area contributed by atoms with Crippen LogP contribution in [0.4, 0.5) is 0 Å². The molecule has 0 aliphatic carbocycles. The number of fused-ring (bicyclic) bond motifs is 5. The van der Waals surface area contributed by atoms with E-state index in [0.29, 0.717) is 34.9 Å². The van der Waals surface area contributed by atoms with Gasteiger partial charge in [-0.1, -0.05) is 133 Å². The molecule has 10 aromatic rings. The molecule has 0 radical (unpaired) electrons. The van der Waals surface area contributed by atoms with E-state index in [4.69, 9.17) is 34.3 Å².